The van der Waals surface area contributed by atoms with Crippen LogP contribution in [-0.2, 0) is 0 Å². The van der Waals surface area contributed by atoms with Crippen molar-refractivity contribution in [2.75, 3.05) is 6.54 Å². The van der Waals surface area contributed by atoms with Crippen molar-refractivity contribution in [2.24, 2.45) is 5.92 Å². The second-order valence-electron chi connectivity index (χ2n) is 4.78. The highest BCUT2D eigenvalue weighted by atomic mass is 16.3. The Labute approximate surface area is 88.1 Å². The van der Waals surface area contributed by atoms with Crippen molar-refractivity contribution in [3.63, 3.8) is 0 Å². The molecule has 1 aliphatic rings. The highest BCUT2D eigenvalue weighted by Crippen LogP contribution is 2.26. The summed E-state index contributed by atoms with van der Waals surface area (Å²) in [5.74, 6) is 0.873. The van der Waals surface area contributed by atoms with Gasteiger partial charge in [0.05, 0.1) is 6.10 Å². The maximum absolute atomic E-state index is 9.14. The van der Waals surface area contributed by atoms with E-state index in [2.05, 4.69) is 12.2 Å². The number of aliphatic hydroxyl groups excluding tert-OH is 1. The molecule has 1 unspecified atom stereocenters. The van der Waals surface area contributed by atoms with Crippen LogP contribution in [0.5, 0.6) is 0 Å². The monoisotopic (exact) mass is 199 g/mol. The Morgan fingerprint density at radius 3 is 2.43 bits per heavy atom. The minimum Gasteiger partial charge on any atom is -0.393 e. The Hall–Kier alpha value is -0.0800. The van der Waals surface area contributed by atoms with Crippen LogP contribution in [0.4, 0.5) is 0 Å². The minimum absolute atomic E-state index is 0.166. The molecule has 1 aliphatic carbocycles. The van der Waals surface area contributed by atoms with Gasteiger partial charge in [0.25, 0.3) is 0 Å². The van der Waals surface area contributed by atoms with E-state index in [0.29, 0.717) is 6.04 Å². The maximum atomic E-state index is 9.14. The zero-order chi connectivity index (χ0) is 10.4. The molecule has 2 nitrogen and oxygen atoms in total. The van der Waals surface area contributed by atoms with Crippen LogP contribution in [0.25, 0.3) is 0 Å². The van der Waals surface area contributed by atoms with Crippen LogP contribution in [0.3, 0.4) is 0 Å². The lowest BCUT2D eigenvalue weighted by Crippen LogP contribution is -2.36. The molecule has 0 aromatic rings. The van der Waals surface area contributed by atoms with Gasteiger partial charge in [0.1, 0.15) is 0 Å². The predicted molar refractivity (Wildman–Crippen MR) is 60.3 cm³/mol. The molecule has 1 saturated carbocycles. The lowest BCUT2D eigenvalue weighted by atomic mass is 9.84. The van der Waals surface area contributed by atoms with Crippen molar-refractivity contribution in [3.8, 4) is 0 Å². The molecular formula is C12H25NO. The Bertz CT molecular complexity index is 141. The summed E-state index contributed by atoms with van der Waals surface area (Å²) in [6.07, 6.45) is 7.74. The summed E-state index contributed by atoms with van der Waals surface area (Å²) in [6.45, 7) is 5.10. The summed E-state index contributed by atoms with van der Waals surface area (Å²) < 4.78 is 0. The lowest BCUT2D eigenvalue weighted by Gasteiger charge is -2.28. The van der Waals surface area contributed by atoms with Crippen molar-refractivity contribution < 1.29 is 5.11 Å². The number of aliphatic hydroxyl groups is 1. The van der Waals surface area contributed by atoms with E-state index in [1.54, 1.807) is 0 Å². The molecule has 0 heterocycles. The molecule has 1 rings (SSSR count). The van der Waals surface area contributed by atoms with Crippen LogP contribution in [-0.4, -0.2) is 23.8 Å². The van der Waals surface area contributed by atoms with Crippen LogP contribution >= 0.6 is 0 Å². The third-order valence-corrected chi connectivity index (χ3v) is 3.39. The van der Waals surface area contributed by atoms with Crippen LogP contribution in [0.2, 0.25) is 0 Å². The molecule has 14 heavy (non-hydrogen) atoms. The van der Waals surface area contributed by atoms with Crippen molar-refractivity contribution in [1.82, 2.24) is 5.32 Å². The number of hydrogen-bond acceptors (Lipinski definition) is 2. The summed E-state index contributed by atoms with van der Waals surface area (Å²) >= 11 is 0. The SMILES string of the molecule is CC(O)CCN[C@H](C)C1CCCCC1. The van der Waals surface area contributed by atoms with E-state index in [1.165, 1.54) is 32.1 Å². The fourth-order valence-electron chi connectivity index (χ4n) is 2.32. The fourth-order valence-corrected chi connectivity index (χ4v) is 2.32. The smallest absolute Gasteiger partial charge is 0.0524 e. The standard InChI is InChI=1S/C12H25NO/c1-10(14)8-9-13-11(2)12-6-4-3-5-7-12/h10-14H,3-9H2,1-2H3/t10?,11-/m1/s1. The van der Waals surface area contributed by atoms with E-state index in [-0.39, 0.29) is 6.10 Å². The van der Waals surface area contributed by atoms with Crippen molar-refractivity contribution >= 4 is 0 Å². The molecule has 0 radical (unpaired) electrons. The van der Waals surface area contributed by atoms with Gasteiger partial charge in [-0.25, -0.2) is 0 Å². The Kier molecular flexibility index (Phi) is 5.49. The molecule has 84 valence electrons. The molecule has 1 fully saturated rings. The van der Waals surface area contributed by atoms with E-state index >= 15 is 0 Å². The van der Waals surface area contributed by atoms with Crippen molar-refractivity contribution in [3.05, 3.63) is 0 Å². The van der Waals surface area contributed by atoms with Gasteiger partial charge in [0.2, 0.25) is 0 Å². The molecular weight excluding hydrogens is 174 g/mol. The highest BCUT2D eigenvalue weighted by Gasteiger charge is 2.19. The first-order chi connectivity index (χ1) is 6.70. The normalized spacial score (nSPS) is 23.4. The van der Waals surface area contributed by atoms with Gasteiger partial charge in [0.15, 0.2) is 0 Å². The average Bonchev–Trinajstić information content (AvgIpc) is 2.18. The van der Waals surface area contributed by atoms with Crippen LogP contribution < -0.4 is 5.32 Å². The van der Waals surface area contributed by atoms with E-state index in [0.717, 1.165) is 18.9 Å². The van der Waals surface area contributed by atoms with Gasteiger partial charge in [-0.05, 0) is 45.6 Å². The van der Waals surface area contributed by atoms with Gasteiger partial charge in [-0.15, -0.1) is 0 Å². The molecule has 0 amide bonds. The first-order valence-electron chi connectivity index (χ1n) is 6.11. The van der Waals surface area contributed by atoms with Gasteiger partial charge in [0, 0.05) is 6.04 Å². The van der Waals surface area contributed by atoms with Gasteiger partial charge in [-0.3, -0.25) is 0 Å². The maximum Gasteiger partial charge on any atom is 0.0524 e. The summed E-state index contributed by atoms with van der Waals surface area (Å²) in [5, 5.41) is 12.7. The average molecular weight is 199 g/mol. The first-order valence-corrected chi connectivity index (χ1v) is 6.11. The third kappa shape index (κ3) is 4.43. The van der Waals surface area contributed by atoms with Gasteiger partial charge in [-0.1, -0.05) is 19.3 Å². The quantitative estimate of drug-likeness (QED) is 0.712. The summed E-state index contributed by atoms with van der Waals surface area (Å²) in [7, 11) is 0. The van der Waals surface area contributed by atoms with Crippen molar-refractivity contribution in [1.29, 1.82) is 0 Å². The zero-order valence-corrected chi connectivity index (χ0v) is 9.63. The lowest BCUT2D eigenvalue weighted by molar-refractivity contribution is 0.178. The minimum atomic E-state index is -0.166. The second kappa shape index (κ2) is 6.41. The first kappa shape index (κ1) is 12.0. The molecule has 0 saturated heterocycles. The van der Waals surface area contributed by atoms with E-state index in [4.69, 9.17) is 5.11 Å². The van der Waals surface area contributed by atoms with E-state index < -0.39 is 0 Å². The molecule has 2 N–H and O–H groups in total. The fraction of sp³-hybridized carbons (Fsp3) is 1.00. The number of nitrogens with one attached hydrogen (secondary N) is 1. The molecule has 0 aromatic heterocycles. The summed E-state index contributed by atoms with van der Waals surface area (Å²) in [4.78, 5) is 0. The molecule has 0 aliphatic heterocycles. The Morgan fingerprint density at radius 1 is 1.21 bits per heavy atom. The largest absolute Gasteiger partial charge is 0.393 e. The van der Waals surface area contributed by atoms with E-state index in [1.807, 2.05) is 6.92 Å². The number of rotatable bonds is 5. The van der Waals surface area contributed by atoms with Gasteiger partial charge < -0.3 is 10.4 Å². The topological polar surface area (TPSA) is 32.3 Å². The third-order valence-electron chi connectivity index (χ3n) is 3.39. The Balaban J connectivity index is 2.10. The molecule has 0 spiro atoms. The van der Waals surface area contributed by atoms with E-state index in [9.17, 15) is 0 Å². The molecule has 2 heteroatoms. The predicted octanol–water partition coefficient (Wildman–Crippen LogP) is 2.32. The van der Waals surface area contributed by atoms with Gasteiger partial charge in [-0.2, -0.15) is 0 Å². The van der Waals surface area contributed by atoms with Crippen LogP contribution in [0.1, 0.15) is 52.4 Å². The summed E-state index contributed by atoms with van der Waals surface area (Å²) in [5.41, 5.74) is 0. The van der Waals surface area contributed by atoms with Gasteiger partial charge >= 0.3 is 0 Å². The second-order valence-corrected chi connectivity index (χ2v) is 4.78. The molecule has 0 aromatic carbocycles. The van der Waals surface area contributed by atoms with Crippen molar-refractivity contribution in [2.45, 2.75) is 64.5 Å². The Morgan fingerprint density at radius 2 is 1.86 bits per heavy atom. The van der Waals surface area contributed by atoms with Crippen LogP contribution in [0.15, 0.2) is 0 Å². The molecule has 2 atom stereocenters. The van der Waals surface area contributed by atoms with Crippen LogP contribution in [0, 0.1) is 5.92 Å². The highest BCUT2D eigenvalue weighted by molar-refractivity contribution is 4.75. The number of hydrogen-bond donors (Lipinski definition) is 2. The molecule has 0 bridgehead atoms. The summed E-state index contributed by atoms with van der Waals surface area (Å²) in [6, 6.07) is 0.633. The zero-order valence-electron chi connectivity index (χ0n) is 9.63.